The van der Waals surface area contributed by atoms with Gasteiger partial charge >= 0.3 is 0 Å². The Kier molecular flexibility index (Phi) is 3.08. The summed E-state index contributed by atoms with van der Waals surface area (Å²) in [6.45, 7) is 0. The first-order valence-corrected chi connectivity index (χ1v) is 6.39. The van der Waals surface area contributed by atoms with E-state index in [0.717, 1.165) is 0 Å². The Bertz CT molecular complexity index is 760. The summed E-state index contributed by atoms with van der Waals surface area (Å²) in [4.78, 5) is 7.98. The second-order valence-electron chi connectivity index (χ2n) is 3.69. The molecule has 0 aliphatic carbocycles. The van der Waals surface area contributed by atoms with Crippen molar-refractivity contribution in [3.8, 4) is 0 Å². The van der Waals surface area contributed by atoms with Gasteiger partial charge in [-0.25, -0.2) is 4.39 Å². The van der Waals surface area contributed by atoms with Gasteiger partial charge in [-0.1, -0.05) is 11.6 Å². The van der Waals surface area contributed by atoms with Gasteiger partial charge < -0.3 is 5.32 Å². The monoisotopic (exact) mass is 341 g/mol. The number of fused-ring (bicyclic) bond motifs is 1. The molecule has 0 saturated carbocycles. The van der Waals surface area contributed by atoms with E-state index in [1.807, 2.05) is 0 Å². The van der Waals surface area contributed by atoms with Gasteiger partial charge in [0.1, 0.15) is 23.1 Å². The smallest absolute Gasteiger partial charge is 0.255 e. The van der Waals surface area contributed by atoms with Crippen LogP contribution in [0.4, 0.5) is 15.9 Å². The van der Waals surface area contributed by atoms with Crippen LogP contribution in [0.1, 0.15) is 0 Å². The van der Waals surface area contributed by atoms with Crippen LogP contribution in [0, 0.1) is 5.82 Å². The quantitative estimate of drug-likeness (QED) is 0.725. The van der Waals surface area contributed by atoms with Crippen molar-refractivity contribution in [1.82, 2.24) is 19.6 Å². The molecule has 8 heteroatoms. The van der Waals surface area contributed by atoms with E-state index in [1.165, 1.54) is 23.0 Å². The van der Waals surface area contributed by atoms with Gasteiger partial charge in [0.2, 0.25) is 0 Å². The Labute approximate surface area is 120 Å². The van der Waals surface area contributed by atoms with E-state index in [1.54, 1.807) is 12.1 Å². The first-order valence-electron chi connectivity index (χ1n) is 5.22. The summed E-state index contributed by atoms with van der Waals surface area (Å²) in [5, 5.41) is 7.42. The summed E-state index contributed by atoms with van der Waals surface area (Å²) < 4.78 is 15.1. The van der Waals surface area contributed by atoms with Crippen LogP contribution in [-0.4, -0.2) is 19.6 Å². The number of benzene rings is 1. The van der Waals surface area contributed by atoms with Crippen molar-refractivity contribution < 1.29 is 4.39 Å². The molecule has 19 heavy (non-hydrogen) atoms. The highest BCUT2D eigenvalue weighted by molar-refractivity contribution is 9.10. The lowest BCUT2D eigenvalue weighted by atomic mass is 10.3. The normalized spacial score (nSPS) is 10.9. The highest BCUT2D eigenvalue weighted by atomic mass is 79.9. The molecule has 3 aromatic rings. The van der Waals surface area contributed by atoms with Crippen LogP contribution in [0.3, 0.4) is 0 Å². The Hall–Kier alpha value is -1.73. The van der Waals surface area contributed by atoms with E-state index in [-0.39, 0.29) is 5.82 Å². The van der Waals surface area contributed by atoms with E-state index in [0.29, 0.717) is 26.9 Å². The third kappa shape index (κ3) is 2.39. The Morgan fingerprint density at radius 2 is 2.16 bits per heavy atom. The summed E-state index contributed by atoms with van der Waals surface area (Å²) in [6, 6.07) is 5.94. The molecule has 0 saturated heterocycles. The number of aromatic nitrogens is 4. The first-order chi connectivity index (χ1) is 9.13. The summed E-state index contributed by atoms with van der Waals surface area (Å²) in [5.41, 5.74) is 0.681. The summed E-state index contributed by atoms with van der Waals surface area (Å²) >= 11 is 9.19. The number of rotatable bonds is 2. The summed E-state index contributed by atoms with van der Waals surface area (Å²) in [5.74, 6) is 0.643. The van der Waals surface area contributed by atoms with E-state index < -0.39 is 0 Å². The minimum absolute atomic E-state index is 0.293. The second kappa shape index (κ2) is 4.75. The molecule has 3 rings (SSSR count). The number of hydrogen-bond acceptors (Lipinski definition) is 4. The maximum atomic E-state index is 13.0. The van der Waals surface area contributed by atoms with Gasteiger partial charge in [-0.15, -0.1) is 0 Å². The maximum Gasteiger partial charge on any atom is 0.255 e. The Morgan fingerprint density at radius 1 is 1.32 bits per heavy atom. The van der Waals surface area contributed by atoms with Crippen molar-refractivity contribution in [2.24, 2.45) is 0 Å². The van der Waals surface area contributed by atoms with Gasteiger partial charge in [0.25, 0.3) is 5.78 Å². The highest BCUT2D eigenvalue weighted by Crippen LogP contribution is 2.27. The average molecular weight is 343 g/mol. The molecule has 0 bridgehead atoms. The zero-order valence-electron chi connectivity index (χ0n) is 9.31. The minimum atomic E-state index is -0.323. The van der Waals surface area contributed by atoms with Gasteiger partial charge in [-0.3, -0.25) is 0 Å². The molecule has 1 aromatic carbocycles. The van der Waals surface area contributed by atoms with Crippen molar-refractivity contribution in [2.75, 3.05) is 5.32 Å². The van der Waals surface area contributed by atoms with Gasteiger partial charge in [0.05, 0.1) is 5.69 Å². The number of nitrogens with one attached hydrogen (secondary N) is 1. The molecule has 5 nitrogen and oxygen atoms in total. The fraction of sp³-hybridized carbons (Fsp3) is 0. The molecule has 96 valence electrons. The number of nitrogens with zero attached hydrogens (tertiary/aromatic N) is 4. The molecule has 0 amide bonds. The van der Waals surface area contributed by atoms with E-state index in [4.69, 9.17) is 11.6 Å². The number of anilines is 2. The predicted molar refractivity (Wildman–Crippen MR) is 73.2 cm³/mol. The average Bonchev–Trinajstić information content (AvgIpc) is 2.80. The largest absolute Gasteiger partial charge is 0.339 e. The molecule has 0 spiro atoms. The first kappa shape index (κ1) is 12.3. The fourth-order valence-corrected chi connectivity index (χ4v) is 2.23. The van der Waals surface area contributed by atoms with Gasteiger partial charge in [0.15, 0.2) is 0 Å². The molecule has 0 aliphatic heterocycles. The van der Waals surface area contributed by atoms with Crippen molar-refractivity contribution in [3.63, 3.8) is 0 Å². The third-order valence-electron chi connectivity index (χ3n) is 2.41. The zero-order valence-corrected chi connectivity index (χ0v) is 11.7. The van der Waals surface area contributed by atoms with Crippen LogP contribution >= 0.6 is 27.5 Å². The predicted octanol–water partition coefficient (Wildman–Crippen LogP) is 3.42. The number of halogens is 3. The summed E-state index contributed by atoms with van der Waals surface area (Å²) in [7, 11) is 0. The van der Waals surface area contributed by atoms with Crippen LogP contribution in [0.2, 0.25) is 5.15 Å². The SMILES string of the molecule is Fc1ccc(Nc2cc(Cl)nc3ncnn23)c(Br)c1. The fourth-order valence-electron chi connectivity index (χ4n) is 1.60. The van der Waals surface area contributed by atoms with Crippen molar-refractivity contribution >= 4 is 44.8 Å². The standard InChI is InChI=1S/C11H6BrClFN5/c12-7-3-6(14)1-2-8(7)17-10-4-9(13)18-11-15-5-16-19(10)11/h1-5,17H. The van der Waals surface area contributed by atoms with E-state index in [2.05, 4.69) is 36.3 Å². The molecule has 0 aliphatic rings. The lowest BCUT2D eigenvalue weighted by molar-refractivity contribution is 0.627. The van der Waals surface area contributed by atoms with Crippen LogP contribution in [0.25, 0.3) is 5.78 Å². The van der Waals surface area contributed by atoms with Crippen LogP contribution in [0.5, 0.6) is 0 Å². The minimum Gasteiger partial charge on any atom is -0.339 e. The van der Waals surface area contributed by atoms with Crippen molar-refractivity contribution in [2.45, 2.75) is 0 Å². The molecule has 1 N–H and O–H groups in total. The molecule has 0 fully saturated rings. The lowest BCUT2D eigenvalue weighted by Crippen LogP contribution is -2.02. The molecule has 0 radical (unpaired) electrons. The van der Waals surface area contributed by atoms with E-state index in [9.17, 15) is 4.39 Å². The Morgan fingerprint density at radius 3 is 2.95 bits per heavy atom. The molecule has 2 heterocycles. The van der Waals surface area contributed by atoms with Gasteiger partial charge in [-0.2, -0.15) is 19.6 Å². The van der Waals surface area contributed by atoms with Crippen LogP contribution < -0.4 is 5.32 Å². The van der Waals surface area contributed by atoms with Crippen molar-refractivity contribution in [3.05, 3.63) is 46.0 Å². The second-order valence-corrected chi connectivity index (χ2v) is 4.93. The lowest BCUT2D eigenvalue weighted by Gasteiger charge is -2.09. The highest BCUT2D eigenvalue weighted by Gasteiger charge is 2.08. The number of hydrogen-bond donors (Lipinski definition) is 1. The summed E-state index contributed by atoms with van der Waals surface area (Å²) in [6.07, 6.45) is 1.38. The molecular weight excluding hydrogens is 337 g/mol. The topological polar surface area (TPSA) is 55.1 Å². The maximum absolute atomic E-state index is 13.0. The van der Waals surface area contributed by atoms with Crippen molar-refractivity contribution in [1.29, 1.82) is 0 Å². The van der Waals surface area contributed by atoms with E-state index >= 15 is 0 Å². The molecule has 0 unspecified atom stereocenters. The molecule has 2 aromatic heterocycles. The Balaban J connectivity index is 2.07. The van der Waals surface area contributed by atoms with Crippen LogP contribution in [-0.2, 0) is 0 Å². The molecular formula is C11H6BrClFN5. The third-order valence-corrected chi connectivity index (χ3v) is 3.26. The van der Waals surface area contributed by atoms with Gasteiger partial charge in [-0.05, 0) is 34.1 Å². The zero-order chi connectivity index (χ0) is 13.4. The molecule has 0 atom stereocenters. The van der Waals surface area contributed by atoms with Crippen LogP contribution in [0.15, 0.2) is 35.1 Å². The van der Waals surface area contributed by atoms with Gasteiger partial charge in [0, 0.05) is 10.5 Å².